The van der Waals surface area contributed by atoms with Gasteiger partial charge in [0.15, 0.2) is 0 Å². The minimum absolute atomic E-state index is 0.195. The average Bonchev–Trinajstić information content (AvgIpc) is 2.31. The van der Waals surface area contributed by atoms with Crippen LogP contribution in [0.1, 0.15) is 19.7 Å². The molecular formula is C12H15ClN4. The van der Waals surface area contributed by atoms with Crippen LogP contribution in [-0.4, -0.2) is 15.0 Å². The molecule has 1 aromatic heterocycles. The van der Waals surface area contributed by atoms with Gasteiger partial charge in [-0.25, -0.2) is 4.98 Å². The van der Waals surface area contributed by atoms with Gasteiger partial charge in [-0.1, -0.05) is 32.0 Å². The summed E-state index contributed by atoms with van der Waals surface area (Å²) in [6.45, 7) is 5.77. The van der Waals surface area contributed by atoms with Crippen molar-refractivity contribution in [2.24, 2.45) is 0 Å². The highest BCUT2D eigenvalue weighted by molar-refractivity contribution is 6.28. The van der Waals surface area contributed by atoms with Gasteiger partial charge in [0.2, 0.25) is 11.2 Å². The Morgan fingerprint density at radius 1 is 1.00 bits per heavy atom. The summed E-state index contributed by atoms with van der Waals surface area (Å²) in [5, 5.41) is 3.23. The van der Waals surface area contributed by atoms with Crippen LogP contribution in [0.2, 0.25) is 5.28 Å². The molecule has 0 aliphatic carbocycles. The Morgan fingerprint density at radius 2 is 1.65 bits per heavy atom. The SMILES string of the molecule is CC.Cc1nc(Cl)nc(Nc2ccccc2)n1. The summed E-state index contributed by atoms with van der Waals surface area (Å²) < 4.78 is 0. The van der Waals surface area contributed by atoms with Crippen molar-refractivity contribution in [1.29, 1.82) is 0 Å². The van der Waals surface area contributed by atoms with Gasteiger partial charge in [0.05, 0.1) is 0 Å². The first-order chi connectivity index (χ1) is 8.24. The molecule has 0 radical (unpaired) electrons. The summed E-state index contributed by atoms with van der Waals surface area (Å²) in [6, 6.07) is 9.65. The smallest absolute Gasteiger partial charge is 0.231 e. The van der Waals surface area contributed by atoms with Gasteiger partial charge in [-0.05, 0) is 30.7 Å². The molecule has 2 rings (SSSR count). The van der Waals surface area contributed by atoms with Gasteiger partial charge in [-0.15, -0.1) is 0 Å². The van der Waals surface area contributed by atoms with Gasteiger partial charge in [0.25, 0.3) is 0 Å². The van der Waals surface area contributed by atoms with Crippen LogP contribution >= 0.6 is 11.6 Å². The van der Waals surface area contributed by atoms with Gasteiger partial charge in [-0.3, -0.25) is 0 Å². The highest BCUT2D eigenvalue weighted by Crippen LogP contribution is 2.12. The van der Waals surface area contributed by atoms with Gasteiger partial charge >= 0.3 is 0 Å². The molecule has 90 valence electrons. The molecule has 0 unspecified atom stereocenters. The maximum Gasteiger partial charge on any atom is 0.231 e. The van der Waals surface area contributed by atoms with Gasteiger partial charge in [-0.2, -0.15) is 9.97 Å². The Morgan fingerprint density at radius 3 is 2.24 bits per heavy atom. The maximum atomic E-state index is 5.71. The van der Waals surface area contributed by atoms with Crippen LogP contribution in [0.25, 0.3) is 0 Å². The monoisotopic (exact) mass is 250 g/mol. The summed E-state index contributed by atoms with van der Waals surface area (Å²) in [6.07, 6.45) is 0. The van der Waals surface area contributed by atoms with Crippen molar-refractivity contribution in [2.75, 3.05) is 5.32 Å². The molecule has 0 aliphatic rings. The van der Waals surface area contributed by atoms with E-state index >= 15 is 0 Å². The molecule has 0 bridgehead atoms. The molecule has 1 N–H and O–H groups in total. The number of nitrogens with one attached hydrogen (secondary N) is 1. The predicted octanol–water partition coefficient (Wildman–Crippen LogP) is 3.60. The molecule has 1 aromatic carbocycles. The highest BCUT2D eigenvalue weighted by Gasteiger charge is 2.01. The topological polar surface area (TPSA) is 50.7 Å². The largest absolute Gasteiger partial charge is 0.324 e. The molecule has 4 nitrogen and oxygen atoms in total. The lowest BCUT2D eigenvalue weighted by Gasteiger charge is -2.04. The normalized spacial score (nSPS) is 9.18. The Hall–Kier alpha value is -1.68. The third kappa shape index (κ3) is 4.36. The molecule has 0 fully saturated rings. The number of para-hydroxylation sites is 1. The van der Waals surface area contributed by atoms with Crippen LogP contribution in [0.4, 0.5) is 11.6 Å². The zero-order valence-corrected chi connectivity index (χ0v) is 10.9. The second-order valence-corrected chi connectivity index (χ2v) is 3.30. The highest BCUT2D eigenvalue weighted by atomic mass is 35.5. The molecule has 5 heteroatoms. The van der Waals surface area contributed by atoms with E-state index in [4.69, 9.17) is 11.6 Å². The number of anilines is 2. The summed E-state index contributed by atoms with van der Waals surface area (Å²) in [5.74, 6) is 1.05. The lowest BCUT2D eigenvalue weighted by Crippen LogP contribution is -2.00. The van der Waals surface area contributed by atoms with Crippen LogP contribution < -0.4 is 5.32 Å². The van der Waals surface area contributed by atoms with Crippen molar-refractivity contribution in [3.05, 3.63) is 41.4 Å². The third-order valence-electron chi connectivity index (χ3n) is 1.75. The van der Waals surface area contributed by atoms with E-state index < -0.39 is 0 Å². The zero-order chi connectivity index (χ0) is 12.7. The molecule has 0 aliphatic heterocycles. The number of hydrogen-bond donors (Lipinski definition) is 1. The molecule has 2 aromatic rings. The predicted molar refractivity (Wildman–Crippen MR) is 70.6 cm³/mol. The third-order valence-corrected chi connectivity index (χ3v) is 1.92. The summed E-state index contributed by atoms with van der Waals surface area (Å²) in [7, 11) is 0. The maximum absolute atomic E-state index is 5.71. The van der Waals surface area contributed by atoms with E-state index in [1.807, 2.05) is 44.2 Å². The summed E-state index contributed by atoms with van der Waals surface area (Å²) >= 11 is 5.71. The Labute approximate surface area is 106 Å². The number of nitrogens with zero attached hydrogens (tertiary/aromatic N) is 3. The lowest BCUT2D eigenvalue weighted by atomic mass is 10.3. The van der Waals surface area contributed by atoms with Crippen molar-refractivity contribution in [3.63, 3.8) is 0 Å². The van der Waals surface area contributed by atoms with Gasteiger partial charge < -0.3 is 5.32 Å². The van der Waals surface area contributed by atoms with Crippen LogP contribution in [0.15, 0.2) is 30.3 Å². The lowest BCUT2D eigenvalue weighted by molar-refractivity contribution is 0.983. The molecule has 0 atom stereocenters. The number of aryl methyl sites for hydroxylation is 1. The van der Waals surface area contributed by atoms with Crippen molar-refractivity contribution in [2.45, 2.75) is 20.8 Å². The van der Waals surface area contributed by atoms with E-state index in [9.17, 15) is 0 Å². The van der Waals surface area contributed by atoms with E-state index in [-0.39, 0.29) is 5.28 Å². The number of aromatic nitrogens is 3. The molecule has 17 heavy (non-hydrogen) atoms. The van der Waals surface area contributed by atoms with E-state index in [0.29, 0.717) is 11.8 Å². The Bertz CT molecular complexity index is 439. The fraction of sp³-hybridized carbons (Fsp3) is 0.250. The molecule has 0 amide bonds. The van der Waals surface area contributed by atoms with Crippen molar-refractivity contribution >= 4 is 23.2 Å². The Kier molecular flexibility index (Phi) is 5.36. The quantitative estimate of drug-likeness (QED) is 0.885. The van der Waals surface area contributed by atoms with Crippen LogP contribution in [0, 0.1) is 6.92 Å². The van der Waals surface area contributed by atoms with Gasteiger partial charge in [0, 0.05) is 5.69 Å². The fourth-order valence-electron chi connectivity index (χ4n) is 1.16. The van der Waals surface area contributed by atoms with Crippen molar-refractivity contribution in [1.82, 2.24) is 15.0 Å². The minimum Gasteiger partial charge on any atom is -0.324 e. The summed E-state index contributed by atoms with van der Waals surface area (Å²) in [5.41, 5.74) is 0.916. The first kappa shape index (κ1) is 13.4. The van der Waals surface area contributed by atoms with E-state index in [1.165, 1.54) is 0 Å². The number of rotatable bonds is 2. The number of halogens is 1. The molecule has 1 heterocycles. The van der Waals surface area contributed by atoms with E-state index in [0.717, 1.165) is 5.69 Å². The second-order valence-electron chi connectivity index (χ2n) is 2.97. The summed E-state index contributed by atoms with van der Waals surface area (Å²) in [4.78, 5) is 12.0. The molecular weight excluding hydrogens is 236 g/mol. The molecule has 0 spiro atoms. The minimum atomic E-state index is 0.195. The first-order valence-electron chi connectivity index (χ1n) is 5.44. The molecule has 0 saturated carbocycles. The zero-order valence-electron chi connectivity index (χ0n) is 10.1. The average molecular weight is 251 g/mol. The van der Waals surface area contributed by atoms with Gasteiger partial charge in [0.1, 0.15) is 5.82 Å². The standard InChI is InChI=1S/C10H9ClN4.C2H6/c1-7-12-9(11)15-10(13-7)14-8-5-3-2-4-6-8;1-2/h2-6H,1H3,(H,12,13,14,15);1-2H3. The van der Waals surface area contributed by atoms with Crippen molar-refractivity contribution < 1.29 is 0 Å². The van der Waals surface area contributed by atoms with E-state index in [1.54, 1.807) is 6.92 Å². The number of benzene rings is 1. The van der Waals surface area contributed by atoms with Crippen LogP contribution in [0.5, 0.6) is 0 Å². The van der Waals surface area contributed by atoms with Crippen molar-refractivity contribution in [3.8, 4) is 0 Å². The fourth-order valence-corrected chi connectivity index (χ4v) is 1.36. The van der Waals surface area contributed by atoms with Crippen LogP contribution in [0.3, 0.4) is 0 Å². The number of hydrogen-bond acceptors (Lipinski definition) is 4. The first-order valence-corrected chi connectivity index (χ1v) is 5.82. The van der Waals surface area contributed by atoms with E-state index in [2.05, 4.69) is 20.3 Å². The Balaban J connectivity index is 0.000000686. The van der Waals surface area contributed by atoms with Crippen LogP contribution in [-0.2, 0) is 0 Å². The molecule has 0 saturated heterocycles. The second kappa shape index (κ2) is 6.81.